The lowest BCUT2D eigenvalue weighted by Crippen LogP contribution is -2.36. The summed E-state index contributed by atoms with van der Waals surface area (Å²) in [6.45, 7) is 3.02. The van der Waals surface area contributed by atoms with E-state index in [0.29, 0.717) is 11.6 Å². The van der Waals surface area contributed by atoms with Gasteiger partial charge in [-0.2, -0.15) is 0 Å². The zero-order valence-electron chi connectivity index (χ0n) is 11.4. The number of para-hydroxylation sites is 1. The summed E-state index contributed by atoms with van der Waals surface area (Å²) in [5, 5.41) is 0. The fraction of sp³-hybridized carbons (Fsp3) is 0.571. The first-order valence-electron chi connectivity index (χ1n) is 6.76. The minimum Gasteiger partial charge on any atom is -0.405 e. The lowest BCUT2D eigenvalue weighted by molar-refractivity contribution is -0.275. The third-order valence-corrected chi connectivity index (χ3v) is 3.51. The third kappa shape index (κ3) is 3.64. The van der Waals surface area contributed by atoms with Gasteiger partial charge in [0.2, 0.25) is 0 Å². The maximum atomic E-state index is 12.5. The van der Waals surface area contributed by atoms with Gasteiger partial charge in [-0.1, -0.05) is 25.1 Å². The molecule has 0 heterocycles. The molecule has 0 aliphatic heterocycles. The second-order valence-electron chi connectivity index (χ2n) is 4.90. The summed E-state index contributed by atoms with van der Waals surface area (Å²) in [6, 6.07) is 6.42. The zero-order chi connectivity index (χ0) is 14.8. The van der Waals surface area contributed by atoms with Crippen molar-refractivity contribution in [1.82, 2.24) is 4.90 Å². The van der Waals surface area contributed by atoms with Crippen molar-refractivity contribution in [2.75, 3.05) is 13.1 Å². The summed E-state index contributed by atoms with van der Waals surface area (Å²) in [7, 11) is 0. The monoisotopic (exact) mass is 288 g/mol. The third-order valence-electron chi connectivity index (χ3n) is 3.51. The van der Waals surface area contributed by atoms with Crippen LogP contribution < -0.4 is 10.5 Å². The van der Waals surface area contributed by atoms with Crippen molar-refractivity contribution < 1.29 is 17.9 Å². The molecule has 2 N–H and O–H groups in total. The van der Waals surface area contributed by atoms with Crippen molar-refractivity contribution in [1.29, 1.82) is 0 Å². The number of rotatable bonds is 6. The Labute approximate surface area is 116 Å². The molecule has 1 saturated carbocycles. The number of hydrogen-bond donors (Lipinski definition) is 1. The van der Waals surface area contributed by atoms with E-state index in [2.05, 4.69) is 9.64 Å². The molecule has 6 heteroatoms. The van der Waals surface area contributed by atoms with E-state index in [0.717, 1.165) is 19.4 Å². The Morgan fingerprint density at radius 1 is 1.35 bits per heavy atom. The van der Waals surface area contributed by atoms with Crippen LogP contribution in [-0.4, -0.2) is 30.4 Å². The normalized spacial score (nSPS) is 17.3. The largest absolute Gasteiger partial charge is 0.573 e. The molecular weight excluding hydrogens is 269 g/mol. The van der Waals surface area contributed by atoms with Gasteiger partial charge in [0, 0.05) is 18.2 Å². The Balaban J connectivity index is 2.28. The van der Waals surface area contributed by atoms with Gasteiger partial charge in [0.1, 0.15) is 5.75 Å². The Hall–Kier alpha value is -1.27. The number of nitrogens with two attached hydrogens (primary N) is 1. The zero-order valence-corrected chi connectivity index (χ0v) is 11.4. The summed E-state index contributed by atoms with van der Waals surface area (Å²) in [4.78, 5) is 2.15. The molecule has 3 nitrogen and oxygen atoms in total. The molecule has 1 fully saturated rings. The van der Waals surface area contributed by atoms with E-state index in [-0.39, 0.29) is 18.3 Å². The van der Waals surface area contributed by atoms with Gasteiger partial charge in [-0.3, -0.25) is 4.90 Å². The lowest BCUT2D eigenvalue weighted by Gasteiger charge is -2.31. The quantitative estimate of drug-likeness (QED) is 0.874. The topological polar surface area (TPSA) is 38.5 Å². The van der Waals surface area contributed by atoms with Crippen LogP contribution in [0.25, 0.3) is 0 Å². The van der Waals surface area contributed by atoms with Crippen molar-refractivity contribution in [2.24, 2.45) is 5.73 Å². The smallest absolute Gasteiger partial charge is 0.405 e. The number of ether oxygens (including phenoxy) is 1. The highest BCUT2D eigenvalue weighted by Gasteiger charge is 2.36. The molecule has 0 saturated heterocycles. The van der Waals surface area contributed by atoms with Crippen molar-refractivity contribution in [3.63, 3.8) is 0 Å². The van der Waals surface area contributed by atoms with E-state index in [1.165, 1.54) is 12.1 Å². The molecule has 0 aromatic heterocycles. The van der Waals surface area contributed by atoms with Crippen molar-refractivity contribution in [3.05, 3.63) is 29.8 Å². The molecule has 0 spiro atoms. The van der Waals surface area contributed by atoms with Crippen LogP contribution in [0, 0.1) is 0 Å². The van der Waals surface area contributed by atoms with E-state index in [1.807, 2.05) is 6.92 Å². The number of benzene rings is 1. The highest BCUT2D eigenvalue weighted by molar-refractivity contribution is 5.36. The SMILES string of the molecule is CCN(C1CC1)C(CN)c1ccccc1OC(F)(F)F. The van der Waals surface area contributed by atoms with Gasteiger partial charge in [-0.05, 0) is 25.5 Å². The van der Waals surface area contributed by atoms with E-state index in [4.69, 9.17) is 5.73 Å². The second-order valence-corrected chi connectivity index (χ2v) is 4.90. The molecule has 1 aromatic rings. The van der Waals surface area contributed by atoms with Gasteiger partial charge in [0.15, 0.2) is 0 Å². The predicted molar refractivity (Wildman–Crippen MR) is 70.3 cm³/mol. The number of hydrogen-bond acceptors (Lipinski definition) is 3. The standard InChI is InChI=1S/C14H19F3N2O/c1-2-19(10-7-8-10)12(9-18)11-5-3-4-6-13(11)20-14(15,16)17/h3-6,10,12H,2,7-9,18H2,1H3. The molecule has 1 aromatic carbocycles. The molecule has 1 atom stereocenters. The fourth-order valence-electron chi connectivity index (χ4n) is 2.55. The van der Waals surface area contributed by atoms with Crippen LogP contribution in [0.4, 0.5) is 13.2 Å². The van der Waals surface area contributed by atoms with Gasteiger partial charge in [-0.15, -0.1) is 13.2 Å². The maximum absolute atomic E-state index is 12.5. The molecule has 0 bridgehead atoms. The molecule has 20 heavy (non-hydrogen) atoms. The second kappa shape index (κ2) is 6.01. The van der Waals surface area contributed by atoms with Crippen molar-refractivity contribution >= 4 is 0 Å². The average Bonchev–Trinajstić information content (AvgIpc) is 3.19. The predicted octanol–water partition coefficient (Wildman–Crippen LogP) is 3.07. The molecule has 0 amide bonds. The van der Waals surface area contributed by atoms with Crippen LogP contribution >= 0.6 is 0 Å². The summed E-state index contributed by atoms with van der Waals surface area (Å²) in [6.07, 6.45) is -2.54. The van der Waals surface area contributed by atoms with E-state index in [1.54, 1.807) is 12.1 Å². The average molecular weight is 288 g/mol. The number of nitrogens with zero attached hydrogens (tertiary/aromatic N) is 1. The molecule has 0 radical (unpaired) electrons. The van der Waals surface area contributed by atoms with Crippen LogP contribution in [0.2, 0.25) is 0 Å². The molecule has 112 valence electrons. The van der Waals surface area contributed by atoms with Gasteiger partial charge < -0.3 is 10.5 Å². The minimum atomic E-state index is -4.69. The van der Waals surface area contributed by atoms with Gasteiger partial charge in [0.25, 0.3) is 0 Å². The van der Waals surface area contributed by atoms with Crippen LogP contribution in [-0.2, 0) is 0 Å². The number of likely N-dealkylation sites (N-methyl/N-ethyl adjacent to an activating group) is 1. The first-order chi connectivity index (χ1) is 9.46. The minimum absolute atomic E-state index is 0.158. The van der Waals surface area contributed by atoms with Crippen molar-refractivity contribution in [3.8, 4) is 5.75 Å². The van der Waals surface area contributed by atoms with Crippen LogP contribution in [0.1, 0.15) is 31.4 Å². The Kier molecular flexibility index (Phi) is 4.55. The first kappa shape index (κ1) is 15.1. The summed E-state index contributed by atoms with van der Waals surface area (Å²) in [5.74, 6) is -0.158. The fourth-order valence-corrected chi connectivity index (χ4v) is 2.55. The highest BCUT2D eigenvalue weighted by atomic mass is 19.4. The van der Waals surface area contributed by atoms with Crippen LogP contribution in [0.5, 0.6) is 5.75 Å². The summed E-state index contributed by atoms with van der Waals surface area (Å²) < 4.78 is 41.6. The number of alkyl halides is 3. The molecular formula is C14H19F3N2O. The maximum Gasteiger partial charge on any atom is 0.573 e. The first-order valence-corrected chi connectivity index (χ1v) is 6.76. The molecule has 2 rings (SSSR count). The van der Waals surface area contributed by atoms with Gasteiger partial charge >= 0.3 is 6.36 Å². The number of halogens is 3. The van der Waals surface area contributed by atoms with Crippen LogP contribution in [0.15, 0.2) is 24.3 Å². The lowest BCUT2D eigenvalue weighted by atomic mass is 10.0. The molecule has 1 aliphatic rings. The van der Waals surface area contributed by atoms with E-state index < -0.39 is 6.36 Å². The molecule has 1 aliphatic carbocycles. The summed E-state index contributed by atoms with van der Waals surface area (Å²) in [5.41, 5.74) is 6.30. The van der Waals surface area contributed by atoms with E-state index in [9.17, 15) is 13.2 Å². The van der Waals surface area contributed by atoms with Crippen LogP contribution in [0.3, 0.4) is 0 Å². The van der Waals surface area contributed by atoms with Gasteiger partial charge in [-0.25, -0.2) is 0 Å². The van der Waals surface area contributed by atoms with Crippen molar-refractivity contribution in [2.45, 2.75) is 38.2 Å². The highest BCUT2D eigenvalue weighted by Crippen LogP contribution is 2.38. The molecule has 1 unspecified atom stereocenters. The Morgan fingerprint density at radius 2 is 2.00 bits per heavy atom. The Morgan fingerprint density at radius 3 is 2.50 bits per heavy atom. The van der Waals surface area contributed by atoms with Gasteiger partial charge in [0.05, 0.1) is 6.04 Å². The van der Waals surface area contributed by atoms with E-state index >= 15 is 0 Å². The Bertz CT molecular complexity index is 446. The summed E-state index contributed by atoms with van der Waals surface area (Å²) >= 11 is 0.